The van der Waals surface area contributed by atoms with Crippen molar-refractivity contribution in [2.45, 2.75) is 19.5 Å². The average molecular weight is 223 g/mol. The molecule has 0 atom stereocenters. The summed E-state index contributed by atoms with van der Waals surface area (Å²) in [6, 6.07) is 0. The average Bonchev–Trinajstić information content (AvgIpc) is 2.37. The van der Waals surface area contributed by atoms with E-state index in [1.807, 2.05) is 6.92 Å². The van der Waals surface area contributed by atoms with Crippen LogP contribution in [0.5, 0.6) is 5.88 Å². The normalized spacial score (nSPS) is 11.8. The van der Waals surface area contributed by atoms with E-state index in [0.717, 1.165) is 0 Å². The molecular formula is C8H12F3N3O. The molecule has 15 heavy (non-hydrogen) atoms. The number of aryl methyl sites for hydroxylation is 2. The number of nitrogens with zero attached hydrogens (tertiary/aromatic N) is 2. The van der Waals surface area contributed by atoms with Crippen LogP contribution in [0.1, 0.15) is 12.6 Å². The summed E-state index contributed by atoms with van der Waals surface area (Å²) in [6.45, 7) is 0.451. The number of nitrogens with two attached hydrogens (primary N) is 1. The standard InChI is InChI=1S/C8H12F3N3O/c1-3-5-6(12)7(14(2)13-5)15-4-8(9,10)11/h3-4,12H2,1-2H3. The first-order valence-corrected chi connectivity index (χ1v) is 4.36. The number of anilines is 1. The highest BCUT2D eigenvalue weighted by molar-refractivity contribution is 5.53. The van der Waals surface area contributed by atoms with E-state index in [1.54, 1.807) is 0 Å². The smallest absolute Gasteiger partial charge is 0.422 e. The van der Waals surface area contributed by atoms with Crippen LogP contribution in [0.3, 0.4) is 0 Å². The number of hydrogen-bond donors (Lipinski definition) is 1. The highest BCUT2D eigenvalue weighted by Gasteiger charge is 2.29. The topological polar surface area (TPSA) is 53.1 Å². The zero-order valence-electron chi connectivity index (χ0n) is 8.43. The molecule has 1 heterocycles. The molecule has 0 aliphatic heterocycles. The van der Waals surface area contributed by atoms with Crippen molar-refractivity contribution in [3.05, 3.63) is 5.69 Å². The van der Waals surface area contributed by atoms with Gasteiger partial charge in [0.1, 0.15) is 5.69 Å². The van der Waals surface area contributed by atoms with Crippen LogP contribution in [0.4, 0.5) is 18.9 Å². The molecule has 0 aliphatic rings. The number of aromatic nitrogens is 2. The van der Waals surface area contributed by atoms with E-state index < -0.39 is 12.8 Å². The predicted molar refractivity (Wildman–Crippen MR) is 48.5 cm³/mol. The zero-order chi connectivity index (χ0) is 11.6. The third kappa shape index (κ3) is 2.77. The molecule has 0 radical (unpaired) electrons. The summed E-state index contributed by atoms with van der Waals surface area (Å²) < 4.78 is 41.5. The molecule has 0 aliphatic carbocycles. The van der Waals surface area contributed by atoms with Crippen molar-refractivity contribution in [1.29, 1.82) is 0 Å². The van der Waals surface area contributed by atoms with Gasteiger partial charge in [-0.3, -0.25) is 0 Å². The summed E-state index contributed by atoms with van der Waals surface area (Å²) in [4.78, 5) is 0. The Morgan fingerprint density at radius 3 is 2.47 bits per heavy atom. The van der Waals surface area contributed by atoms with Gasteiger partial charge in [0, 0.05) is 7.05 Å². The number of alkyl halides is 3. The van der Waals surface area contributed by atoms with Gasteiger partial charge in [-0.2, -0.15) is 18.3 Å². The lowest BCUT2D eigenvalue weighted by Gasteiger charge is -2.09. The van der Waals surface area contributed by atoms with Crippen molar-refractivity contribution in [1.82, 2.24) is 9.78 Å². The minimum atomic E-state index is -4.37. The molecule has 1 rings (SSSR count). The van der Waals surface area contributed by atoms with E-state index in [2.05, 4.69) is 9.84 Å². The maximum atomic E-state index is 11.9. The molecule has 0 amide bonds. The Hall–Kier alpha value is -1.40. The summed E-state index contributed by atoms with van der Waals surface area (Å²) >= 11 is 0. The van der Waals surface area contributed by atoms with Gasteiger partial charge in [0.25, 0.3) is 0 Å². The molecule has 4 nitrogen and oxygen atoms in total. The fourth-order valence-electron chi connectivity index (χ4n) is 1.16. The van der Waals surface area contributed by atoms with Crippen LogP contribution in [0.15, 0.2) is 0 Å². The second-order valence-corrected chi connectivity index (χ2v) is 3.05. The van der Waals surface area contributed by atoms with E-state index in [9.17, 15) is 13.2 Å². The summed E-state index contributed by atoms with van der Waals surface area (Å²) in [6.07, 6.45) is -3.82. The van der Waals surface area contributed by atoms with Crippen molar-refractivity contribution in [2.75, 3.05) is 12.3 Å². The largest absolute Gasteiger partial charge is 0.467 e. The minimum Gasteiger partial charge on any atom is -0.467 e. The van der Waals surface area contributed by atoms with Gasteiger partial charge in [-0.05, 0) is 6.42 Å². The van der Waals surface area contributed by atoms with Gasteiger partial charge >= 0.3 is 6.18 Å². The molecule has 0 saturated heterocycles. The maximum Gasteiger partial charge on any atom is 0.422 e. The van der Waals surface area contributed by atoms with Crippen molar-refractivity contribution in [3.63, 3.8) is 0 Å². The van der Waals surface area contributed by atoms with Gasteiger partial charge < -0.3 is 10.5 Å². The first-order valence-electron chi connectivity index (χ1n) is 4.36. The molecule has 0 spiro atoms. The molecule has 0 unspecified atom stereocenters. The molecule has 86 valence electrons. The Kier molecular flexibility index (Phi) is 3.11. The molecule has 0 saturated carbocycles. The van der Waals surface area contributed by atoms with E-state index in [4.69, 9.17) is 5.73 Å². The van der Waals surface area contributed by atoms with Gasteiger partial charge in [0.05, 0.1) is 5.69 Å². The van der Waals surface area contributed by atoms with E-state index in [0.29, 0.717) is 12.1 Å². The second-order valence-electron chi connectivity index (χ2n) is 3.05. The minimum absolute atomic E-state index is 0.0378. The third-order valence-corrected chi connectivity index (χ3v) is 1.81. The number of halogens is 3. The van der Waals surface area contributed by atoms with Crippen LogP contribution < -0.4 is 10.5 Å². The van der Waals surface area contributed by atoms with Crippen molar-refractivity contribution in [3.8, 4) is 5.88 Å². The Balaban J connectivity index is 2.81. The van der Waals surface area contributed by atoms with Crippen LogP contribution in [0.25, 0.3) is 0 Å². The molecule has 0 fully saturated rings. The Morgan fingerprint density at radius 2 is 2.07 bits per heavy atom. The van der Waals surface area contributed by atoms with Crippen LogP contribution >= 0.6 is 0 Å². The second kappa shape index (κ2) is 4.00. The van der Waals surface area contributed by atoms with Gasteiger partial charge in [-0.1, -0.05) is 6.92 Å². The molecule has 0 aromatic carbocycles. The Labute approximate surface area is 84.8 Å². The maximum absolute atomic E-state index is 11.9. The summed E-state index contributed by atoms with van der Waals surface area (Å²) in [5, 5.41) is 3.93. The lowest BCUT2D eigenvalue weighted by molar-refractivity contribution is -0.154. The van der Waals surface area contributed by atoms with Crippen LogP contribution in [0, 0.1) is 0 Å². The first-order chi connectivity index (χ1) is 6.85. The summed E-state index contributed by atoms with van der Waals surface area (Å²) in [5.74, 6) is -0.0378. The van der Waals surface area contributed by atoms with Gasteiger partial charge in [-0.15, -0.1) is 0 Å². The van der Waals surface area contributed by atoms with Gasteiger partial charge in [-0.25, -0.2) is 4.68 Å². The van der Waals surface area contributed by atoms with Gasteiger partial charge in [0.2, 0.25) is 5.88 Å². The third-order valence-electron chi connectivity index (χ3n) is 1.81. The lowest BCUT2D eigenvalue weighted by atomic mass is 10.3. The summed E-state index contributed by atoms with van der Waals surface area (Å²) in [7, 11) is 1.49. The van der Waals surface area contributed by atoms with Crippen molar-refractivity contribution >= 4 is 5.69 Å². The summed E-state index contributed by atoms with van der Waals surface area (Å²) in [5.41, 5.74) is 6.28. The zero-order valence-corrected chi connectivity index (χ0v) is 8.43. The quantitative estimate of drug-likeness (QED) is 0.844. The number of hydrogen-bond acceptors (Lipinski definition) is 3. The number of nitrogen functional groups attached to an aromatic ring is 1. The fourth-order valence-corrected chi connectivity index (χ4v) is 1.16. The Morgan fingerprint density at radius 1 is 1.47 bits per heavy atom. The molecular weight excluding hydrogens is 211 g/mol. The van der Waals surface area contributed by atoms with Gasteiger partial charge in [0.15, 0.2) is 6.61 Å². The Bertz CT molecular complexity index is 346. The SMILES string of the molecule is CCc1nn(C)c(OCC(F)(F)F)c1N. The van der Waals surface area contributed by atoms with Crippen molar-refractivity contribution in [2.24, 2.45) is 7.05 Å². The fraction of sp³-hybridized carbons (Fsp3) is 0.625. The van der Waals surface area contributed by atoms with Crippen LogP contribution in [0.2, 0.25) is 0 Å². The lowest BCUT2D eigenvalue weighted by Crippen LogP contribution is -2.20. The molecule has 1 aromatic rings. The van der Waals surface area contributed by atoms with E-state index in [-0.39, 0.29) is 11.6 Å². The number of rotatable bonds is 3. The van der Waals surface area contributed by atoms with Crippen molar-refractivity contribution < 1.29 is 17.9 Å². The molecule has 0 bridgehead atoms. The predicted octanol–water partition coefficient (Wildman–Crippen LogP) is 1.51. The molecule has 1 aromatic heterocycles. The van der Waals surface area contributed by atoms with E-state index in [1.165, 1.54) is 11.7 Å². The highest BCUT2D eigenvalue weighted by Crippen LogP contribution is 2.26. The number of ether oxygens (including phenoxy) is 1. The first kappa shape index (κ1) is 11.7. The molecule has 2 N–H and O–H groups in total. The highest BCUT2D eigenvalue weighted by atomic mass is 19.4. The monoisotopic (exact) mass is 223 g/mol. The molecule has 7 heteroatoms. The van der Waals surface area contributed by atoms with Crippen LogP contribution in [-0.4, -0.2) is 22.6 Å². The van der Waals surface area contributed by atoms with E-state index >= 15 is 0 Å². The van der Waals surface area contributed by atoms with Crippen LogP contribution in [-0.2, 0) is 13.5 Å².